The first-order chi connectivity index (χ1) is 17.4. The number of hydrogen-bond acceptors (Lipinski definition) is 11. The van der Waals surface area contributed by atoms with Crippen LogP contribution in [0.5, 0.6) is 0 Å². The summed E-state index contributed by atoms with van der Waals surface area (Å²) in [6.07, 6.45) is 1.14. The maximum atomic E-state index is 13.4. The zero-order chi connectivity index (χ0) is 27.1. The van der Waals surface area contributed by atoms with Crippen LogP contribution in [0.2, 0.25) is 5.02 Å². The van der Waals surface area contributed by atoms with E-state index < -0.39 is 72.9 Å². The number of piperazine rings is 1. The van der Waals surface area contributed by atoms with E-state index in [-0.39, 0.29) is 21.2 Å². The van der Waals surface area contributed by atoms with Crippen molar-refractivity contribution in [2.75, 3.05) is 13.1 Å². The van der Waals surface area contributed by atoms with Crippen LogP contribution in [0.3, 0.4) is 0 Å². The summed E-state index contributed by atoms with van der Waals surface area (Å²) in [5, 5.41) is 19.7. The van der Waals surface area contributed by atoms with Crippen molar-refractivity contribution in [3.8, 4) is 10.6 Å². The molecule has 1 aliphatic heterocycles. The Morgan fingerprint density at radius 3 is 2.73 bits per heavy atom. The predicted octanol–water partition coefficient (Wildman–Crippen LogP) is -0.316. The molecule has 18 heteroatoms. The number of nitrogens with one attached hydrogen (secondary N) is 2. The van der Waals surface area contributed by atoms with Crippen molar-refractivity contribution in [2.45, 2.75) is 23.2 Å². The first kappa shape index (κ1) is 26.1. The van der Waals surface area contributed by atoms with E-state index in [1.165, 1.54) is 19.1 Å². The Kier molecular flexibility index (Phi) is 6.94. The van der Waals surface area contributed by atoms with Gasteiger partial charge in [-0.3, -0.25) is 34.0 Å². The average Bonchev–Trinajstić information content (AvgIpc) is 3.33. The molecule has 0 aliphatic carbocycles. The number of nitro groups is 1. The second kappa shape index (κ2) is 9.83. The molecule has 15 nitrogen and oxygen atoms in total. The van der Waals surface area contributed by atoms with Gasteiger partial charge in [0.05, 0.1) is 17.0 Å². The molecule has 2 N–H and O–H groups in total. The molecule has 194 valence electrons. The molecule has 0 saturated carbocycles. The second-order valence-electron chi connectivity index (χ2n) is 7.82. The first-order valence-corrected chi connectivity index (χ1v) is 13.0. The van der Waals surface area contributed by atoms with Crippen LogP contribution in [0.15, 0.2) is 38.3 Å². The van der Waals surface area contributed by atoms with Gasteiger partial charge in [0.1, 0.15) is 13.1 Å². The fourth-order valence-corrected chi connectivity index (χ4v) is 6.54. The monoisotopic (exact) mass is 569 g/mol. The fraction of sp³-hybridized carbons (Fsp3) is 0.263. The third-order valence-corrected chi connectivity index (χ3v) is 8.98. The number of benzene rings is 1. The van der Waals surface area contributed by atoms with E-state index in [4.69, 9.17) is 11.6 Å². The first-order valence-electron chi connectivity index (χ1n) is 10.3. The van der Waals surface area contributed by atoms with E-state index in [0.717, 1.165) is 21.7 Å². The Balaban J connectivity index is 1.67. The van der Waals surface area contributed by atoms with Crippen LogP contribution >= 0.6 is 22.9 Å². The van der Waals surface area contributed by atoms with Crippen molar-refractivity contribution in [3.05, 3.63) is 65.9 Å². The van der Waals surface area contributed by atoms with Gasteiger partial charge in [0.15, 0.2) is 10.4 Å². The maximum Gasteiger partial charge on any atom is 0.328 e. The zero-order valence-electron chi connectivity index (χ0n) is 18.7. The number of aromatic nitrogens is 4. The van der Waals surface area contributed by atoms with Crippen LogP contribution in [0.4, 0.5) is 5.69 Å². The number of aromatic amines is 1. The van der Waals surface area contributed by atoms with Crippen LogP contribution in [0, 0.1) is 17.0 Å². The largest absolute Gasteiger partial charge is 0.351 e. The number of H-pyrrole nitrogens is 1. The summed E-state index contributed by atoms with van der Waals surface area (Å²) in [6, 6.07) is 3.76. The van der Waals surface area contributed by atoms with E-state index in [0.29, 0.717) is 11.3 Å². The van der Waals surface area contributed by atoms with E-state index >= 15 is 0 Å². The standard InChI is InChI=1S/C19H16ClN7O8S2/c1-9-6-25(18(31)22-16(9)30)8-14(29)26-7-13(28)21-5-15(26)37(34,35)19-24-23-17(36-19)11-3-2-10(20)4-12(11)27(32)33/h2-4,6,15H,5,7-8H2,1H3,(H,21,28)(H,22,30,31). The quantitative estimate of drug-likeness (QED) is 0.292. The molecule has 0 spiro atoms. The van der Waals surface area contributed by atoms with Crippen LogP contribution in [-0.4, -0.2) is 68.3 Å². The number of sulfone groups is 1. The minimum atomic E-state index is -4.43. The van der Waals surface area contributed by atoms with Gasteiger partial charge in [-0.1, -0.05) is 22.9 Å². The molecule has 1 unspecified atom stereocenters. The number of nitro benzene ring substituents is 1. The number of carbonyl (C=O) groups excluding carboxylic acids is 2. The highest BCUT2D eigenvalue weighted by molar-refractivity contribution is 7.94. The third kappa shape index (κ3) is 5.13. The SMILES string of the molecule is Cc1cn(CC(=O)N2CC(=O)NCC2S(=O)(=O)c2nnc(-c3ccc(Cl)cc3[N+](=O)[O-])s2)c(=O)[nH]c1=O. The smallest absolute Gasteiger partial charge is 0.328 e. The lowest BCUT2D eigenvalue weighted by Gasteiger charge is -2.34. The molecule has 1 saturated heterocycles. The molecule has 4 rings (SSSR count). The molecule has 0 bridgehead atoms. The van der Waals surface area contributed by atoms with Crippen molar-refractivity contribution >= 4 is 50.3 Å². The van der Waals surface area contributed by atoms with Gasteiger partial charge in [0.25, 0.3) is 11.2 Å². The van der Waals surface area contributed by atoms with Crippen LogP contribution in [-0.2, 0) is 26.0 Å². The van der Waals surface area contributed by atoms with Gasteiger partial charge in [-0.05, 0) is 19.1 Å². The highest BCUT2D eigenvalue weighted by Gasteiger charge is 2.42. The molecule has 0 radical (unpaired) electrons. The highest BCUT2D eigenvalue weighted by Crippen LogP contribution is 2.36. The molecule has 1 aromatic carbocycles. The Bertz CT molecular complexity index is 1660. The highest BCUT2D eigenvalue weighted by atomic mass is 35.5. The van der Waals surface area contributed by atoms with Gasteiger partial charge in [-0.2, -0.15) is 0 Å². The van der Waals surface area contributed by atoms with Gasteiger partial charge in [0, 0.05) is 22.8 Å². The normalized spacial score (nSPS) is 15.9. The van der Waals surface area contributed by atoms with Crippen LogP contribution in [0.25, 0.3) is 10.6 Å². The summed E-state index contributed by atoms with van der Waals surface area (Å²) in [5.41, 5.74) is -1.80. The van der Waals surface area contributed by atoms with Gasteiger partial charge < -0.3 is 10.2 Å². The zero-order valence-corrected chi connectivity index (χ0v) is 21.1. The summed E-state index contributed by atoms with van der Waals surface area (Å²) in [6.45, 7) is -0.316. The van der Waals surface area contributed by atoms with Crippen molar-refractivity contribution in [2.24, 2.45) is 0 Å². The lowest BCUT2D eigenvalue weighted by Crippen LogP contribution is -2.60. The van der Waals surface area contributed by atoms with Crippen molar-refractivity contribution in [3.63, 3.8) is 0 Å². The van der Waals surface area contributed by atoms with Crippen molar-refractivity contribution in [1.82, 2.24) is 30.0 Å². The molecular weight excluding hydrogens is 554 g/mol. The van der Waals surface area contributed by atoms with E-state index in [1.54, 1.807) is 0 Å². The Hall–Kier alpha value is -3.96. The summed E-state index contributed by atoms with van der Waals surface area (Å²) < 4.78 is 27.2. The maximum absolute atomic E-state index is 13.4. The second-order valence-corrected chi connectivity index (χ2v) is 11.5. The molecule has 1 aliphatic rings. The van der Waals surface area contributed by atoms with Crippen molar-refractivity contribution in [1.29, 1.82) is 0 Å². The van der Waals surface area contributed by atoms with Gasteiger partial charge in [-0.15, -0.1) is 10.2 Å². The molecule has 1 atom stereocenters. The molecule has 37 heavy (non-hydrogen) atoms. The number of hydrogen-bond donors (Lipinski definition) is 2. The topological polar surface area (TPSA) is 207 Å². The fourth-order valence-electron chi connectivity index (χ4n) is 3.51. The van der Waals surface area contributed by atoms with Crippen LogP contribution in [0.1, 0.15) is 5.56 Å². The van der Waals surface area contributed by atoms with Gasteiger partial charge >= 0.3 is 5.69 Å². The number of rotatable bonds is 6. The summed E-state index contributed by atoms with van der Waals surface area (Å²) in [5.74, 6) is -1.51. The van der Waals surface area contributed by atoms with Crippen LogP contribution < -0.4 is 16.6 Å². The number of amides is 2. The number of aryl methyl sites for hydroxylation is 1. The predicted molar refractivity (Wildman–Crippen MR) is 129 cm³/mol. The van der Waals surface area contributed by atoms with E-state index in [2.05, 4.69) is 15.5 Å². The Morgan fingerprint density at radius 2 is 2.03 bits per heavy atom. The van der Waals surface area contributed by atoms with Gasteiger partial charge in [-0.25, -0.2) is 13.2 Å². The molecule has 2 aromatic heterocycles. The number of nitrogens with zero attached hydrogens (tertiary/aromatic N) is 5. The average molecular weight is 570 g/mol. The Labute approximate surface area is 215 Å². The summed E-state index contributed by atoms with van der Waals surface area (Å²) in [7, 11) is -4.43. The summed E-state index contributed by atoms with van der Waals surface area (Å²) >= 11 is 6.37. The molecule has 1 fully saturated rings. The molecule has 3 aromatic rings. The number of carbonyl (C=O) groups is 2. The Morgan fingerprint density at radius 1 is 1.30 bits per heavy atom. The lowest BCUT2D eigenvalue weighted by molar-refractivity contribution is -0.384. The third-order valence-electron chi connectivity index (χ3n) is 5.35. The van der Waals surface area contributed by atoms with Crippen molar-refractivity contribution < 1.29 is 22.9 Å². The minimum Gasteiger partial charge on any atom is -0.351 e. The van der Waals surface area contributed by atoms with Gasteiger partial charge in [0.2, 0.25) is 26.0 Å². The summed E-state index contributed by atoms with van der Waals surface area (Å²) in [4.78, 5) is 62.2. The molecule has 3 heterocycles. The van der Waals surface area contributed by atoms with E-state index in [9.17, 15) is 37.7 Å². The van der Waals surface area contributed by atoms with E-state index in [1.807, 2.05) is 4.98 Å². The molecular formula is C19H16ClN7O8S2. The lowest BCUT2D eigenvalue weighted by atomic mass is 10.2. The minimum absolute atomic E-state index is 0.00829. The molecule has 2 amide bonds. The number of halogens is 1.